The second kappa shape index (κ2) is 7.54. The first-order valence-corrected chi connectivity index (χ1v) is 7.37. The van der Waals surface area contributed by atoms with E-state index in [1.807, 2.05) is 6.92 Å². The molecular weight excluding hydrogens is 296 g/mol. The van der Waals surface area contributed by atoms with Crippen molar-refractivity contribution in [1.82, 2.24) is 0 Å². The van der Waals surface area contributed by atoms with Crippen molar-refractivity contribution in [3.05, 3.63) is 53.6 Å². The van der Waals surface area contributed by atoms with Crippen molar-refractivity contribution in [3.8, 4) is 17.2 Å². The number of para-hydroxylation sites is 1. The molecule has 0 aliphatic heterocycles. The summed E-state index contributed by atoms with van der Waals surface area (Å²) in [5.74, 6) is -0.733. The van der Waals surface area contributed by atoms with E-state index in [0.717, 1.165) is 5.56 Å². The van der Waals surface area contributed by atoms with Gasteiger partial charge in [-0.05, 0) is 37.1 Å². The summed E-state index contributed by atoms with van der Waals surface area (Å²) in [5, 5.41) is 19.3. The molecule has 0 aliphatic rings. The predicted molar refractivity (Wildman–Crippen MR) is 86.4 cm³/mol. The summed E-state index contributed by atoms with van der Waals surface area (Å²) < 4.78 is 10.6. The maximum absolute atomic E-state index is 11.7. The van der Waals surface area contributed by atoms with Crippen LogP contribution in [0.15, 0.2) is 42.5 Å². The molecule has 122 valence electrons. The third kappa shape index (κ3) is 3.94. The molecule has 2 N–H and O–H groups in total. The number of aliphatic carboxylic acids is 1. The van der Waals surface area contributed by atoms with Crippen molar-refractivity contribution in [3.63, 3.8) is 0 Å². The van der Waals surface area contributed by atoms with Gasteiger partial charge in [-0.1, -0.05) is 24.3 Å². The smallest absolute Gasteiger partial charge is 0.311 e. The van der Waals surface area contributed by atoms with Crippen LogP contribution in [0.25, 0.3) is 0 Å². The first-order chi connectivity index (χ1) is 11.1. The number of carboxylic acids is 1. The van der Waals surface area contributed by atoms with Gasteiger partial charge in [-0.25, -0.2) is 0 Å². The van der Waals surface area contributed by atoms with Gasteiger partial charge in [0, 0.05) is 5.56 Å². The third-order valence-corrected chi connectivity index (χ3v) is 3.58. The minimum absolute atomic E-state index is 0.0415. The molecule has 0 heterocycles. The summed E-state index contributed by atoms with van der Waals surface area (Å²) in [4.78, 5) is 11.7. The highest BCUT2D eigenvalue weighted by atomic mass is 16.5. The molecule has 23 heavy (non-hydrogen) atoms. The lowest BCUT2D eigenvalue weighted by atomic mass is 9.91. The number of rotatable bonds is 7. The molecule has 0 fully saturated rings. The standard InChI is InChI=1S/C18H20O5/c1-3-23-17-11-12(8-9-15(17)19)10-14(18(20)21)13-6-4-5-7-16(13)22-2/h4-9,11,14,19H,3,10H2,1-2H3,(H,20,21). The number of methoxy groups -OCH3 is 1. The Bertz CT molecular complexity index is 681. The number of benzene rings is 2. The Kier molecular flexibility index (Phi) is 5.46. The number of hydrogen-bond donors (Lipinski definition) is 2. The summed E-state index contributed by atoms with van der Waals surface area (Å²) >= 11 is 0. The molecule has 0 spiro atoms. The van der Waals surface area contributed by atoms with Crippen molar-refractivity contribution < 1.29 is 24.5 Å². The number of ether oxygens (including phenoxy) is 2. The van der Waals surface area contributed by atoms with E-state index >= 15 is 0 Å². The summed E-state index contributed by atoms with van der Waals surface area (Å²) in [7, 11) is 1.52. The summed E-state index contributed by atoms with van der Waals surface area (Å²) in [6, 6.07) is 12.0. The molecule has 0 saturated carbocycles. The largest absolute Gasteiger partial charge is 0.504 e. The monoisotopic (exact) mass is 316 g/mol. The van der Waals surface area contributed by atoms with Gasteiger partial charge in [0.1, 0.15) is 5.75 Å². The van der Waals surface area contributed by atoms with Crippen molar-refractivity contribution in [2.75, 3.05) is 13.7 Å². The summed E-state index contributed by atoms with van der Waals surface area (Å²) in [6.07, 6.45) is 0.274. The van der Waals surface area contributed by atoms with Crippen LogP contribution in [-0.2, 0) is 11.2 Å². The molecule has 5 heteroatoms. The normalized spacial score (nSPS) is 11.7. The Hall–Kier alpha value is -2.69. The summed E-state index contributed by atoms with van der Waals surface area (Å²) in [5.41, 5.74) is 1.39. The minimum atomic E-state index is -0.930. The Morgan fingerprint density at radius 2 is 1.91 bits per heavy atom. The fraction of sp³-hybridized carbons (Fsp3) is 0.278. The number of carboxylic acid groups (broad SMARTS) is 1. The van der Waals surface area contributed by atoms with Crippen molar-refractivity contribution in [2.24, 2.45) is 0 Å². The zero-order valence-electron chi connectivity index (χ0n) is 13.2. The van der Waals surface area contributed by atoms with Crippen molar-refractivity contribution in [1.29, 1.82) is 0 Å². The van der Waals surface area contributed by atoms with Crippen LogP contribution in [0.2, 0.25) is 0 Å². The fourth-order valence-corrected chi connectivity index (χ4v) is 2.48. The lowest BCUT2D eigenvalue weighted by molar-refractivity contribution is -0.138. The highest BCUT2D eigenvalue weighted by Crippen LogP contribution is 2.32. The average Bonchev–Trinajstić information content (AvgIpc) is 2.55. The van der Waals surface area contributed by atoms with Crippen molar-refractivity contribution >= 4 is 5.97 Å². The molecule has 0 saturated heterocycles. The SMILES string of the molecule is CCOc1cc(CC(C(=O)O)c2ccccc2OC)ccc1O. The predicted octanol–water partition coefficient (Wildman–Crippen LogP) is 3.21. The molecule has 2 rings (SSSR count). The molecule has 0 aliphatic carbocycles. The van der Waals surface area contributed by atoms with Gasteiger partial charge in [0.05, 0.1) is 19.6 Å². The highest BCUT2D eigenvalue weighted by molar-refractivity contribution is 5.77. The van der Waals surface area contributed by atoms with Gasteiger partial charge in [0.15, 0.2) is 11.5 Å². The number of aromatic hydroxyl groups is 1. The van der Waals surface area contributed by atoms with E-state index in [4.69, 9.17) is 9.47 Å². The molecule has 0 amide bonds. The number of carbonyl (C=O) groups is 1. The molecule has 0 bridgehead atoms. The lowest BCUT2D eigenvalue weighted by Gasteiger charge is -2.17. The van der Waals surface area contributed by atoms with E-state index in [2.05, 4.69) is 0 Å². The average molecular weight is 316 g/mol. The van der Waals surface area contributed by atoms with Crippen LogP contribution in [0.4, 0.5) is 0 Å². The second-order valence-electron chi connectivity index (χ2n) is 5.07. The molecule has 5 nitrogen and oxygen atoms in total. The molecule has 2 aromatic carbocycles. The van der Waals surface area contributed by atoms with E-state index in [1.165, 1.54) is 13.2 Å². The first kappa shape index (κ1) is 16.7. The van der Waals surface area contributed by atoms with Gasteiger partial charge < -0.3 is 19.7 Å². The van der Waals surface area contributed by atoms with E-state index in [9.17, 15) is 15.0 Å². The molecule has 0 aromatic heterocycles. The zero-order valence-corrected chi connectivity index (χ0v) is 13.2. The third-order valence-electron chi connectivity index (χ3n) is 3.58. The van der Waals surface area contributed by atoms with Crippen LogP contribution in [0.3, 0.4) is 0 Å². The van der Waals surface area contributed by atoms with Crippen LogP contribution in [-0.4, -0.2) is 29.9 Å². The summed E-state index contributed by atoms with van der Waals surface area (Å²) in [6.45, 7) is 2.24. The highest BCUT2D eigenvalue weighted by Gasteiger charge is 2.24. The van der Waals surface area contributed by atoms with E-state index in [0.29, 0.717) is 23.7 Å². The Morgan fingerprint density at radius 3 is 2.57 bits per heavy atom. The maximum atomic E-state index is 11.7. The van der Waals surface area contributed by atoms with Crippen LogP contribution >= 0.6 is 0 Å². The van der Waals surface area contributed by atoms with Crippen molar-refractivity contribution in [2.45, 2.75) is 19.3 Å². The van der Waals surface area contributed by atoms with Gasteiger partial charge in [0.25, 0.3) is 0 Å². The molecular formula is C18H20O5. The van der Waals surface area contributed by atoms with Crippen LogP contribution in [0, 0.1) is 0 Å². The van der Waals surface area contributed by atoms with E-state index in [-0.39, 0.29) is 12.2 Å². The lowest BCUT2D eigenvalue weighted by Crippen LogP contribution is -2.15. The van der Waals surface area contributed by atoms with Crippen LogP contribution in [0.1, 0.15) is 24.0 Å². The minimum Gasteiger partial charge on any atom is -0.504 e. The van der Waals surface area contributed by atoms with Gasteiger partial charge in [0.2, 0.25) is 0 Å². The van der Waals surface area contributed by atoms with E-state index < -0.39 is 11.9 Å². The van der Waals surface area contributed by atoms with Gasteiger partial charge >= 0.3 is 5.97 Å². The Morgan fingerprint density at radius 1 is 1.17 bits per heavy atom. The fourth-order valence-electron chi connectivity index (χ4n) is 2.48. The number of phenols is 1. The van der Waals surface area contributed by atoms with Crippen LogP contribution < -0.4 is 9.47 Å². The second-order valence-corrected chi connectivity index (χ2v) is 5.07. The first-order valence-electron chi connectivity index (χ1n) is 7.37. The topological polar surface area (TPSA) is 76.0 Å². The maximum Gasteiger partial charge on any atom is 0.311 e. The zero-order chi connectivity index (χ0) is 16.8. The number of phenolic OH excluding ortho intramolecular Hbond substituents is 1. The van der Waals surface area contributed by atoms with Gasteiger partial charge in [-0.15, -0.1) is 0 Å². The number of hydrogen-bond acceptors (Lipinski definition) is 4. The molecule has 1 unspecified atom stereocenters. The molecule has 1 atom stereocenters. The Labute approximate surface area is 135 Å². The van der Waals surface area contributed by atoms with E-state index in [1.54, 1.807) is 36.4 Å². The molecule has 2 aromatic rings. The van der Waals surface area contributed by atoms with Gasteiger partial charge in [-0.2, -0.15) is 0 Å². The molecule has 0 radical (unpaired) electrons. The van der Waals surface area contributed by atoms with Gasteiger partial charge in [-0.3, -0.25) is 4.79 Å². The van der Waals surface area contributed by atoms with Crippen LogP contribution in [0.5, 0.6) is 17.2 Å². The quantitative estimate of drug-likeness (QED) is 0.820. The Balaban J connectivity index is 2.33.